The summed E-state index contributed by atoms with van der Waals surface area (Å²) in [6.45, 7) is 3.81. The Kier molecular flexibility index (Phi) is 4.99. The van der Waals surface area contributed by atoms with E-state index in [2.05, 4.69) is 17.9 Å². The summed E-state index contributed by atoms with van der Waals surface area (Å²) in [5, 5.41) is 3.50. The number of rotatable bonds is 5. The normalized spacial score (nSPS) is 11.6. The highest BCUT2D eigenvalue weighted by atomic mass is 19.4. The van der Waals surface area contributed by atoms with Crippen LogP contribution in [0.15, 0.2) is 60.3 Å². The van der Waals surface area contributed by atoms with E-state index in [0.29, 0.717) is 0 Å². The lowest BCUT2D eigenvalue weighted by atomic mass is 10.1. The molecular formula is C17H13F3NO. The van der Waals surface area contributed by atoms with Crippen LogP contribution in [-0.2, 0) is 17.6 Å². The lowest BCUT2D eigenvalue weighted by Crippen LogP contribution is -2.08. The zero-order valence-corrected chi connectivity index (χ0v) is 11.6. The van der Waals surface area contributed by atoms with Crippen LogP contribution in [0.4, 0.5) is 13.2 Å². The highest BCUT2D eigenvalue weighted by Crippen LogP contribution is 2.31. The van der Waals surface area contributed by atoms with Crippen LogP contribution >= 0.6 is 0 Å². The van der Waals surface area contributed by atoms with Crippen molar-refractivity contribution in [3.8, 4) is 0 Å². The Balaban J connectivity index is 2.06. The quantitative estimate of drug-likeness (QED) is 0.575. The van der Waals surface area contributed by atoms with E-state index in [4.69, 9.17) is 4.84 Å². The van der Waals surface area contributed by atoms with Crippen LogP contribution in [0, 0.1) is 0 Å². The first kappa shape index (κ1) is 15.8. The number of hydrogen-bond acceptors (Lipinski definition) is 2. The molecule has 0 N–H and O–H groups in total. The minimum Gasteiger partial charge on any atom is -0.390 e. The molecule has 5 heteroatoms. The zero-order valence-electron chi connectivity index (χ0n) is 11.6. The van der Waals surface area contributed by atoms with Gasteiger partial charge < -0.3 is 4.84 Å². The fraction of sp³-hybridized carbons (Fsp3) is 0.118. The van der Waals surface area contributed by atoms with E-state index in [1.165, 1.54) is 18.2 Å². The average Bonchev–Trinajstić information content (AvgIpc) is 2.51. The molecule has 1 radical (unpaired) electrons. The van der Waals surface area contributed by atoms with Gasteiger partial charge in [-0.2, -0.15) is 13.2 Å². The van der Waals surface area contributed by atoms with Gasteiger partial charge in [0.05, 0.1) is 5.56 Å². The molecule has 0 amide bonds. The van der Waals surface area contributed by atoms with E-state index in [9.17, 15) is 13.2 Å². The van der Waals surface area contributed by atoms with Crippen LogP contribution < -0.4 is 0 Å². The highest BCUT2D eigenvalue weighted by molar-refractivity contribution is 5.81. The summed E-state index contributed by atoms with van der Waals surface area (Å²) in [4.78, 5) is 5.03. The largest absolute Gasteiger partial charge is 0.417 e. The van der Waals surface area contributed by atoms with Gasteiger partial charge >= 0.3 is 6.18 Å². The maximum Gasteiger partial charge on any atom is 0.417 e. The second-order valence-corrected chi connectivity index (χ2v) is 4.42. The van der Waals surface area contributed by atoms with Crippen LogP contribution in [-0.4, -0.2) is 6.21 Å². The van der Waals surface area contributed by atoms with E-state index < -0.39 is 11.7 Å². The number of benzene rings is 2. The standard InChI is InChI=1S/C17H13F3NO/c1-2-13-7-3-4-9-15(13)12-22-21-11-14-8-5-6-10-16(14)17(18,19)20/h2-10H,1,12H2. The summed E-state index contributed by atoms with van der Waals surface area (Å²) in [5.74, 6) is 0. The SMILES string of the molecule is C=Cc1ccccc1CO/N=[C]\c1ccccc1C(F)(F)F. The van der Waals surface area contributed by atoms with Crippen LogP contribution in [0.5, 0.6) is 0 Å². The Hall–Kier alpha value is -2.56. The summed E-state index contributed by atoms with van der Waals surface area (Å²) in [6.07, 6.45) is -0.494. The van der Waals surface area contributed by atoms with Gasteiger partial charge in [0, 0.05) is 5.56 Å². The summed E-state index contributed by atoms with van der Waals surface area (Å²) in [5.41, 5.74) is 0.765. The molecular weight excluding hydrogens is 291 g/mol. The molecule has 22 heavy (non-hydrogen) atoms. The Morgan fingerprint density at radius 1 is 1.09 bits per heavy atom. The second-order valence-electron chi connectivity index (χ2n) is 4.42. The van der Waals surface area contributed by atoms with E-state index in [1.54, 1.807) is 6.08 Å². The van der Waals surface area contributed by atoms with Crippen molar-refractivity contribution in [2.24, 2.45) is 5.16 Å². The summed E-state index contributed by atoms with van der Waals surface area (Å²) in [7, 11) is 0. The molecule has 0 spiro atoms. The van der Waals surface area contributed by atoms with Crippen molar-refractivity contribution < 1.29 is 18.0 Å². The number of nitrogens with zero attached hydrogens (tertiary/aromatic N) is 1. The number of halogens is 3. The van der Waals surface area contributed by atoms with Crippen LogP contribution in [0.25, 0.3) is 6.08 Å². The smallest absolute Gasteiger partial charge is 0.390 e. The van der Waals surface area contributed by atoms with Crippen LogP contribution in [0.1, 0.15) is 22.3 Å². The van der Waals surface area contributed by atoms with Crippen molar-refractivity contribution in [3.05, 3.63) is 77.4 Å². The fourth-order valence-electron chi connectivity index (χ4n) is 1.88. The molecule has 0 bridgehead atoms. The third kappa shape index (κ3) is 3.97. The first-order chi connectivity index (χ1) is 10.5. The minimum atomic E-state index is -4.45. The van der Waals surface area contributed by atoms with Crippen LogP contribution in [0.2, 0.25) is 0 Å². The molecule has 0 unspecified atom stereocenters. The maximum atomic E-state index is 12.8. The van der Waals surface area contributed by atoms with Gasteiger partial charge in [-0.25, -0.2) is 0 Å². The number of alkyl halides is 3. The third-order valence-corrected chi connectivity index (χ3v) is 2.96. The van der Waals surface area contributed by atoms with Crippen molar-refractivity contribution in [2.75, 3.05) is 0 Å². The van der Waals surface area contributed by atoms with Gasteiger partial charge in [0.2, 0.25) is 0 Å². The van der Waals surface area contributed by atoms with Crippen molar-refractivity contribution in [3.63, 3.8) is 0 Å². The molecule has 0 atom stereocenters. The topological polar surface area (TPSA) is 21.6 Å². The molecule has 0 saturated carbocycles. The van der Waals surface area contributed by atoms with Gasteiger partial charge in [-0.3, -0.25) is 0 Å². The highest BCUT2D eigenvalue weighted by Gasteiger charge is 2.32. The second kappa shape index (κ2) is 6.93. The molecule has 0 fully saturated rings. The lowest BCUT2D eigenvalue weighted by molar-refractivity contribution is -0.137. The molecule has 0 saturated heterocycles. The molecule has 113 valence electrons. The maximum absolute atomic E-state index is 12.8. The summed E-state index contributed by atoms with van der Waals surface area (Å²) >= 11 is 0. The van der Waals surface area contributed by atoms with Gasteiger partial charge in [-0.1, -0.05) is 60.3 Å². The van der Waals surface area contributed by atoms with Gasteiger partial charge in [0.1, 0.15) is 12.8 Å². The van der Waals surface area contributed by atoms with Crippen molar-refractivity contribution >= 4 is 12.3 Å². The molecule has 0 aliphatic heterocycles. The molecule has 0 aliphatic carbocycles. The van der Waals surface area contributed by atoms with E-state index in [0.717, 1.165) is 17.2 Å². The summed E-state index contributed by atoms with van der Waals surface area (Å²) in [6, 6.07) is 12.4. The zero-order chi connectivity index (χ0) is 16.0. The van der Waals surface area contributed by atoms with Crippen molar-refractivity contribution in [1.82, 2.24) is 0 Å². The van der Waals surface area contributed by atoms with Crippen molar-refractivity contribution in [2.45, 2.75) is 12.8 Å². The predicted molar refractivity (Wildman–Crippen MR) is 79.3 cm³/mol. The van der Waals surface area contributed by atoms with Gasteiger partial charge in [-0.05, 0) is 17.2 Å². The van der Waals surface area contributed by atoms with E-state index in [-0.39, 0.29) is 12.2 Å². The number of hydrogen-bond donors (Lipinski definition) is 0. The van der Waals surface area contributed by atoms with Gasteiger partial charge in [-0.15, -0.1) is 0 Å². The Bertz CT molecular complexity index is 678. The molecule has 0 aromatic heterocycles. The van der Waals surface area contributed by atoms with E-state index >= 15 is 0 Å². The monoisotopic (exact) mass is 304 g/mol. The molecule has 0 aliphatic rings. The Labute approximate surface area is 126 Å². The predicted octanol–water partition coefficient (Wildman–Crippen LogP) is 4.78. The van der Waals surface area contributed by atoms with Gasteiger partial charge in [0.25, 0.3) is 0 Å². The summed E-state index contributed by atoms with van der Waals surface area (Å²) < 4.78 is 38.4. The Morgan fingerprint density at radius 2 is 1.77 bits per heavy atom. The third-order valence-electron chi connectivity index (χ3n) is 2.96. The minimum absolute atomic E-state index is 0.128. The lowest BCUT2D eigenvalue weighted by Gasteiger charge is -2.08. The fourth-order valence-corrected chi connectivity index (χ4v) is 1.88. The van der Waals surface area contributed by atoms with Crippen LogP contribution in [0.3, 0.4) is 0 Å². The van der Waals surface area contributed by atoms with E-state index in [1.807, 2.05) is 24.3 Å². The average molecular weight is 304 g/mol. The first-order valence-electron chi connectivity index (χ1n) is 6.47. The molecule has 0 heterocycles. The first-order valence-corrected chi connectivity index (χ1v) is 6.47. The molecule has 2 aromatic rings. The Morgan fingerprint density at radius 3 is 2.50 bits per heavy atom. The molecule has 2 aromatic carbocycles. The molecule has 2 nitrogen and oxygen atoms in total. The molecule has 2 rings (SSSR count). The van der Waals surface area contributed by atoms with Crippen molar-refractivity contribution in [1.29, 1.82) is 0 Å². The van der Waals surface area contributed by atoms with Gasteiger partial charge in [0.15, 0.2) is 0 Å².